The molecule has 1 aliphatic rings. The summed E-state index contributed by atoms with van der Waals surface area (Å²) in [5.74, 6) is -0.268. The van der Waals surface area contributed by atoms with E-state index in [-0.39, 0.29) is 11.5 Å². The predicted octanol–water partition coefficient (Wildman–Crippen LogP) is 1.87. The van der Waals surface area contributed by atoms with Crippen molar-refractivity contribution in [2.75, 3.05) is 32.4 Å². The van der Waals surface area contributed by atoms with Gasteiger partial charge in [0.15, 0.2) is 0 Å². The largest absolute Gasteiger partial charge is 0.399 e. The third-order valence-electron chi connectivity index (χ3n) is 3.91. The molecule has 0 aliphatic carbocycles. The van der Waals surface area contributed by atoms with Crippen LogP contribution in [0, 0.1) is 11.7 Å². The van der Waals surface area contributed by atoms with Gasteiger partial charge in [0.25, 0.3) is 5.91 Å². The Hall–Kier alpha value is -1.62. The second-order valence-corrected chi connectivity index (χ2v) is 5.53. The fraction of sp³-hybridized carbons (Fsp3) is 0.533. The number of nitrogens with two attached hydrogens (primary N) is 1. The molecule has 0 spiro atoms. The maximum atomic E-state index is 13.5. The minimum Gasteiger partial charge on any atom is -0.399 e. The van der Waals surface area contributed by atoms with E-state index in [0.717, 1.165) is 19.5 Å². The minimum absolute atomic E-state index is 0.0216. The fourth-order valence-corrected chi connectivity index (χ4v) is 2.55. The van der Waals surface area contributed by atoms with Crippen molar-refractivity contribution in [3.8, 4) is 0 Å². The molecule has 0 atom stereocenters. The first-order valence-corrected chi connectivity index (χ1v) is 7.08. The summed E-state index contributed by atoms with van der Waals surface area (Å²) in [6.07, 6.45) is 3.28. The molecule has 0 unspecified atom stereocenters. The number of hydrogen-bond donors (Lipinski definition) is 2. The second kappa shape index (κ2) is 6.70. The highest BCUT2D eigenvalue weighted by atomic mass is 19.1. The third kappa shape index (κ3) is 3.93. The first-order chi connectivity index (χ1) is 9.56. The lowest BCUT2D eigenvalue weighted by atomic mass is 9.94. The van der Waals surface area contributed by atoms with Crippen molar-refractivity contribution < 1.29 is 9.18 Å². The van der Waals surface area contributed by atoms with Gasteiger partial charge in [-0.1, -0.05) is 0 Å². The van der Waals surface area contributed by atoms with Crippen molar-refractivity contribution >= 4 is 11.6 Å². The van der Waals surface area contributed by atoms with E-state index in [9.17, 15) is 9.18 Å². The molecule has 1 aliphatic heterocycles. The maximum absolute atomic E-state index is 13.5. The number of carbonyl (C=O) groups is 1. The van der Waals surface area contributed by atoms with Crippen LogP contribution in [0.15, 0.2) is 18.2 Å². The molecular formula is C15H22FN3O. The van der Waals surface area contributed by atoms with Crippen molar-refractivity contribution in [3.63, 3.8) is 0 Å². The number of amides is 1. The van der Waals surface area contributed by atoms with E-state index in [1.165, 1.54) is 31.0 Å². The Labute approximate surface area is 119 Å². The molecule has 110 valence electrons. The summed E-state index contributed by atoms with van der Waals surface area (Å²) in [5, 5.41) is 2.78. The summed E-state index contributed by atoms with van der Waals surface area (Å²) in [4.78, 5) is 14.2. The Kier molecular flexibility index (Phi) is 4.95. The fourth-order valence-electron chi connectivity index (χ4n) is 2.55. The van der Waals surface area contributed by atoms with Crippen LogP contribution in [0.25, 0.3) is 0 Å². The quantitative estimate of drug-likeness (QED) is 0.827. The zero-order chi connectivity index (χ0) is 14.5. The molecule has 1 aromatic carbocycles. The molecule has 4 nitrogen and oxygen atoms in total. The highest BCUT2D eigenvalue weighted by Crippen LogP contribution is 2.19. The molecule has 1 fully saturated rings. The van der Waals surface area contributed by atoms with Crippen LogP contribution in [-0.2, 0) is 0 Å². The third-order valence-corrected chi connectivity index (χ3v) is 3.91. The Balaban J connectivity index is 1.79. The lowest BCUT2D eigenvalue weighted by Gasteiger charge is -2.28. The molecule has 5 heteroatoms. The molecule has 3 N–H and O–H groups in total. The summed E-state index contributed by atoms with van der Waals surface area (Å²) in [5.41, 5.74) is 5.99. The van der Waals surface area contributed by atoms with Crippen LogP contribution in [0.3, 0.4) is 0 Å². The van der Waals surface area contributed by atoms with E-state index >= 15 is 0 Å². The second-order valence-electron chi connectivity index (χ2n) is 5.53. The van der Waals surface area contributed by atoms with Gasteiger partial charge in [-0.15, -0.1) is 0 Å². The molecule has 0 radical (unpaired) electrons. The highest BCUT2D eigenvalue weighted by molar-refractivity contribution is 5.95. The minimum atomic E-state index is -0.531. The number of halogens is 1. The van der Waals surface area contributed by atoms with Crippen LogP contribution in [0.5, 0.6) is 0 Å². The number of rotatable bonds is 4. The van der Waals surface area contributed by atoms with E-state index in [1.807, 2.05) is 0 Å². The topological polar surface area (TPSA) is 58.4 Å². The number of benzene rings is 1. The maximum Gasteiger partial charge on any atom is 0.254 e. The van der Waals surface area contributed by atoms with Crippen LogP contribution in [-0.4, -0.2) is 37.5 Å². The Morgan fingerprint density at radius 1 is 1.45 bits per heavy atom. The highest BCUT2D eigenvalue weighted by Gasteiger charge is 2.17. The van der Waals surface area contributed by atoms with E-state index < -0.39 is 5.82 Å². The van der Waals surface area contributed by atoms with Crippen LogP contribution in [0.1, 0.15) is 29.6 Å². The van der Waals surface area contributed by atoms with Crippen molar-refractivity contribution in [2.45, 2.75) is 19.3 Å². The summed E-state index contributed by atoms with van der Waals surface area (Å²) in [6.45, 7) is 2.81. The molecule has 2 rings (SSSR count). The monoisotopic (exact) mass is 279 g/mol. The van der Waals surface area contributed by atoms with E-state index in [0.29, 0.717) is 18.2 Å². The molecule has 20 heavy (non-hydrogen) atoms. The van der Waals surface area contributed by atoms with Crippen molar-refractivity contribution in [1.82, 2.24) is 10.2 Å². The predicted molar refractivity (Wildman–Crippen MR) is 78.0 cm³/mol. The average Bonchev–Trinajstić information content (AvgIpc) is 2.43. The van der Waals surface area contributed by atoms with Crippen LogP contribution in [0.4, 0.5) is 10.1 Å². The summed E-state index contributed by atoms with van der Waals surface area (Å²) in [7, 11) is 2.13. The van der Waals surface area contributed by atoms with Gasteiger partial charge in [0.2, 0.25) is 0 Å². The zero-order valence-electron chi connectivity index (χ0n) is 11.9. The van der Waals surface area contributed by atoms with Gasteiger partial charge in [0.1, 0.15) is 5.82 Å². The van der Waals surface area contributed by atoms with Gasteiger partial charge in [-0.25, -0.2) is 4.39 Å². The van der Waals surface area contributed by atoms with Crippen LogP contribution in [0.2, 0.25) is 0 Å². The number of nitrogens with zero attached hydrogens (tertiary/aromatic N) is 1. The molecular weight excluding hydrogens is 257 g/mol. The van der Waals surface area contributed by atoms with Gasteiger partial charge in [-0.05, 0) is 63.5 Å². The first kappa shape index (κ1) is 14.8. The average molecular weight is 279 g/mol. The number of likely N-dealkylation sites (tertiary alicyclic amines) is 1. The van der Waals surface area contributed by atoms with Gasteiger partial charge in [0.05, 0.1) is 5.56 Å². The van der Waals surface area contributed by atoms with Gasteiger partial charge >= 0.3 is 0 Å². The van der Waals surface area contributed by atoms with Crippen molar-refractivity contribution in [3.05, 3.63) is 29.6 Å². The number of anilines is 1. The van der Waals surface area contributed by atoms with Crippen molar-refractivity contribution in [1.29, 1.82) is 0 Å². The summed E-state index contributed by atoms with van der Waals surface area (Å²) < 4.78 is 13.5. The zero-order valence-corrected chi connectivity index (χ0v) is 11.9. The molecule has 0 saturated carbocycles. The molecule has 1 heterocycles. The Morgan fingerprint density at radius 3 is 2.85 bits per heavy atom. The molecule has 1 aromatic rings. The molecule has 1 saturated heterocycles. The molecule has 0 aromatic heterocycles. The van der Waals surface area contributed by atoms with Crippen LogP contribution < -0.4 is 11.1 Å². The van der Waals surface area contributed by atoms with Gasteiger partial charge < -0.3 is 16.0 Å². The van der Waals surface area contributed by atoms with Crippen molar-refractivity contribution in [2.24, 2.45) is 5.92 Å². The SMILES string of the molecule is CN1CCC(CCNC(=O)c2cc(N)ccc2F)CC1. The van der Waals surface area contributed by atoms with Gasteiger partial charge in [0, 0.05) is 12.2 Å². The number of carbonyl (C=O) groups excluding carboxylic acids is 1. The van der Waals surface area contributed by atoms with E-state index in [4.69, 9.17) is 5.73 Å². The smallest absolute Gasteiger partial charge is 0.254 e. The van der Waals surface area contributed by atoms with Gasteiger partial charge in [-0.2, -0.15) is 0 Å². The number of nitrogens with one attached hydrogen (secondary N) is 1. The number of nitrogen functional groups attached to an aromatic ring is 1. The van der Waals surface area contributed by atoms with E-state index in [2.05, 4.69) is 17.3 Å². The summed E-state index contributed by atoms with van der Waals surface area (Å²) >= 11 is 0. The summed E-state index contributed by atoms with van der Waals surface area (Å²) in [6, 6.07) is 4.05. The Morgan fingerprint density at radius 2 is 2.15 bits per heavy atom. The van der Waals surface area contributed by atoms with Gasteiger partial charge in [-0.3, -0.25) is 4.79 Å². The van der Waals surface area contributed by atoms with Crippen LogP contribution >= 0.6 is 0 Å². The lowest BCUT2D eigenvalue weighted by molar-refractivity contribution is 0.0945. The number of hydrogen-bond acceptors (Lipinski definition) is 3. The Bertz CT molecular complexity index is 470. The standard InChI is InChI=1S/C15H22FN3O/c1-19-8-5-11(6-9-19)4-7-18-15(20)13-10-12(17)2-3-14(13)16/h2-3,10-11H,4-9,17H2,1H3,(H,18,20). The first-order valence-electron chi connectivity index (χ1n) is 7.08. The molecule has 1 amide bonds. The lowest BCUT2D eigenvalue weighted by Crippen LogP contribution is -2.33. The van der Waals surface area contributed by atoms with E-state index in [1.54, 1.807) is 0 Å². The number of piperidine rings is 1. The molecule has 0 bridgehead atoms. The normalized spacial score (nSPS) is 17.1.